The second-order valence-corrected chi connectivity index (χ2v) is 6.54. The van der Waals surface area contributed by atoms with Gasteiger partial charge in [-0.25, -0.2) is 0 Å². The smallest absolute Gasteiger partial charge is 0.252 e. The summed E-state index contributed by atoms with van der Waals surface area (Å²) in [6.45, 7) is 1.67. The third kappa shape index (κ3) is 4.21. The quantitative estimate of drug-likeness (QED) is 0.792. The highest BCUT2D eigenvalue weighted by Gasteiger charge is 2.38. The van der Waals surface area contributed by atoms with Crippen LogP contribution in [0.3, 0.4) is 0 Å². The summed E-state index contributed by atoms with van der Waals surface area (Å²) in [7, 11) is 0. The molecule has 1 saturated heterocycles. The number of halogens is 1. The lowest BCUT2D eigenvalue weighted by Crippen LogP contribution is -2.34. The van der Waals surface area contributed by atoms with E-state index in [0.717, 1.165) is 5.56 Å². The molecule has 2 N–H and O–H groups in total. The van der Waals surface area contributed by atoms with Crippen LogP contribution in [0.4, 0.5) is 11.4 Å². The van der Waals surface area contributed by atoms with Crippen LogP contribution in [0.15, 0.2) is 48.5 Å². The van der Waals surface area contributed by atoms with Crippen LogP contribution in [0.25, 0.3) is 0 Å². The normalized spacial score (nSPS) is 16.7. The SMILES string of the molecule is CC(=O)Nc1ccc(N[C@@H]2CC(=O)N(Cc3ccc(Cl)cc3)C2=O)cc1. The van der Waals surface area contributed by atoms with E-state index in [1.807, 2.05) is 0 Å². The van der Waals surface area contributed by atoms with Crippen molar-refractivity contribution in [2.24, 2.45) is 0 Å². The first-order valence-electron chi connectivity index (χ1n) is 8.15. The van der Waals surface area contributed by atoms with Crippen molar-refractivity contribution in [3.63, 3.8) is 0 Å². The van der Waals surface area contributed by atoms with Gasteiger partial charge in [0.25, 0.3) is 5.91 Å². The topological polar surface area (TPSA) is 78.5 Å². The molecule has 0 unspecified atom stereocenters. The van der Waals surface area contributed by atoms with Crippen LogP contribution in [-0.4, -0.2) is 28.7 Å². The fraction of sp³-hybridized carbons (Fsp3) is 0.211. The molecule has 26 heavy (non-hydrogen) atoms. The number of rotatable bonds is 5. The van der Waals surface area contributed by atoms with Gasteiger partial charge >= 0.3 is 0 Å². The number of nitrogens with zero attached hydrogens (tertiary/aromatic N) is 1. The van der Waals surface area contributed by atoms with E-state index in [2.05, 4.69) is 10.6 Å². The highest BCUT2D eigenvalue weighted by molar-refractivity contribution is 6.30. The van der Waals surface area contributed by atoms with Crippen molar-refractivity contribution in [1.82, 2.24) is 4.90 Å². The van der Waals surface area contributed by atoms with E-state index in [1.54, 1.807) is 48.5 Å². The minimum absolute atomic E-state index is 0.111. The molecule has 3 rings (SSSR count). The molecule has 6 nitrogen and oxygen atoms in total. The Hall–Kier alpha value is -2.86. The number of benzene rings is 2. The van der Waals surface area contributed by atoms with Crippen molar-refractivity contribution < 1.29 is 14.4 Å². The van der Waals surface area contributed by atoms with Gasteiger partial charge < -0.3 is 10.6 Å². The molecule has 2 aromatic rings. The lowest BCUT2D eigenvalue weighted by atomic mass is 10.2. The average molecular weight is 372 g/mol. The summed E-state index contributed by atoms with van der Waals surface area (Å²) in [4.78, 5) is 37.1. The summed E-state index contributed by atoms with van der Waals surface area (Å²) in [5.74, 6) is -0.617. The molecule has 0 aliphatic carbocycles. The van der Waals surface area contributed by atoms with Crippen LogP contribution in [0.1, 0.15) is 18.9 Å². The number of carbonyl (C=O) groups excluding carboxylic acids is 3. The minimum atomic E-state index is -0.596. The van der Waals surface area contributed by atoms with Gasteiger partial charge in [-0.2, -0.15) is 0 Å². The molecule has 7 heteroatoms. The second-order valence-electron chi connectivity index (χ2n) is 6.10. The van der Waals surface area contributed by atoms with Gasteiger partial charge in [0.15, 0.2) is 0 Å². The number of hydrogen-bond acceptors (Lipinski definition) is 4. The Labute approximate surface area is 156 Å². The summed E-state index contributed by atoms with van der Waals surface area (Å²) < 4.78 is 0. The molecule has 1 heterocycles. The molecule has 0 spiro atoms. The number of carbonyl (C=O) groups is 3. The van der Waals surface area contributed by atoms with Gasteiger partial charge in [0.1, 0.15) is 6.04 Å². The molecule has 0 bridgehead atoms. The summed E-state index contributed by atoms with van der Waals surface area (Å²) >= 11 is 5.86. The van der Waals surface area contributed by atoms with Gasteiger partial charge in [-0.05, 0) is 42.0 Å². The van der Waals surface area contributed by atoms with E-state index in [9.17, 15) is 14.4 Å². The zero-order valence-corrected chi connectivity index (χ0v) is 14.9. The van der Waals surface area contributed by atoms with Crippen LogP contribution in [0.2, 0.25) is 5.02 Å². The Morgan fingerprint density at radius 3 is 2.31 bits per heavy atom. The minimum Gasteiger partial charge on any atom is -0.373 e. The van der Waals surface area contributed by atoms with Crippen LogP contribution >= 0.6 is 11.6 Å². The zero-order valence-electron chi connectivity index (χ0n) is 14.2. The van der Waals surface area contributed by atoms with Crippen molar-refractivity contribution in [3.8, 4) is 0 Å². The average Bonchev–Trinajstić information content (AvgIpc) is 2.85. The number of amides is 3. The monoisotopic (exact) mass is 371 g/mol. The summed E-state index contributed by atoms with van der Waals surface area (Å²) in [6.07, 6.45) is 0.111. The summed E-state index contributed by atoms with van der Waals surface area (Å²) in [5, 5.41) is 6.36. The molecule has 3 amide bonds. The second kappa shape index (κ2) is 7.58. The molecule has 1 atom stereocenters. The Kier molecular flexibility index (Phi) is 5.23. The lowest BCUT2D eigenvalue weighted by molar-refractivity contribution is -0.139. The van der Waals surface area contributed by atoms with Crippen LogP contribution in [0, 0.1) is 0 Å². The first-order chi connectivity index (χ1) is 12.4. The third-order valence-corrected chi connectivity index (χ3v) is 4.30. The van der Waals surface area contributed by atoms with Gasteiger partial charge in [0.2, 0.25) is 11.8 Å². The number of imide groups is 1. The predicted molar refractivity (Wildman–Crippen MR) is 99.8 cm³/mol. The van der Waals surface area contributed by atoms with Crippen molar-refractivity contribution >= 4 is 40.7 Å². The van der Waals surface area contributed by atoms with Crippen LogP contribution in [-0.2, 0) is 20.9 Å². The fourth-order valence-electron chi connectivity index (χ4n) is 2.79. The highest BCUT2D eigenvalue weighted by Crippen LogP contribution is 2.22. The van der Waals surface area contributed by atoms with E-state index in [-0.39, 0.29) is 30.7 Å². The predicted octanol–water partition coefficient (Wildman–Crippen LogP) is 3.04. The Balaban J connectivity index is 1.64. The van der Waals surface area contributed by atoms with E-state index in [0.29, 0.717) is 16.4 Å². The maximum Gasteiger partial charge on any atom is 0.252 e. The number of nitrogens with one attached hydrogen (secondary N) is 2. The third-order valence-electron chi connectivity index (χ3n) is 4.04. The zero-order chi connectivity index (χ0) is 18.7. The van der Waals surface area contributed by atoms with E-state index < -0.39 is 6.04 Å². The first-order valence-corrected chi connectivity index (χ1v) is 8.53. The van der Waals surface area contributed by atoms with Gasteiger partial charge in [-0.15, -0.1) is 0 Å². The molecule has 0 saturated carbocycles. The van der Waals surface area contributed by atoms with E-state index in [4.69, 9.17) is 11.6 Å². The molecule has 0 aromatic heterocycles. The number of hydrogen-bond donors (Lipinski definition) is 2. The Morgan fingerprint density at radius 2 is 1.69 bits per heavy atom. The molecule has 2 aromatic carbocycles. The molecule has 1 fully saturated rings. The largest absolute Gasteiger partial charge is 0.373 e. The van der Waals surface area contributed by atoms with Crippen LogP contribution in [0.5, 0.6) is 0 Å². The van der Waals surface area contributed by atoms with Gasteiger partial charge in [-0.3, -0.25) is 19.3 Å². The standard InChI is InChI=1S/C19H18ClN3O3/c1-12(24)21-15-6-8-16(9-7-15)22-17-10-18(25)23(19(17)26)11-13-2-4-14(20)5-3-13/h2-9,17,22H,10-11H2,1H3,(H,21,24)/t17-/m1/s1. The number of anilines is 2. The van der Waals surface area contributed by atoms with Crippen molar-refractivity contribution in [1.29, 1.82) is 0 Å². The summed E-state index contributed by atoms with van der Waals surface area (Å²) in [5.41, 5.74) is 2.22. The van der Waals surface area contributed by atoms with Crippen LogP contribution < -0.4 is 10.6 Å². The number of likely N-dealkylation sites (tertiary alicyclic amines) is 1. The lowest BCUT2D eigenvalue weighted by Gasteiger charge is -2.16. The fourth-order valence-corrected chi connectivity index (χ4v) is 2.91. The van der Waals surface area contributed by atoms with Gasteiger partial charge in [-0.1, -0.05) is 23.7 Å². The molecule has 134 valence electrons. The van der Waals surface area contributed by atoms with Crippen molar-refractivity contribution in [2.75, 3.05) is 10.6 Å². The molecular weight excluding hydrogens is 354 g/mol. The molecule has 1 aliphatic rings. The maximum atomic E-state index is 12.6. The van der Waals surface area contributed by atoms with E-state index in [1.165, 1.54) is 11.8 Å². The Morgan fingerprint density at radius 1 is 1.08 bits per heavy atom. The van der Waals surface area contributed by atoms with Gasteiger partial charge in [0, 0.05) is 23.3 Å². The van der Waals surface area contributed by atoms with Crippen molar-refractivity contribution in [2.45, 2.75) is 25.9 Å². The van der Waals surface area contributed by atoms with Crippen molar-refractivity contribution in [3.05, 3.63) is 59.1 Å². The maximum absolute atomic E-state index is 12.6. The highest BCUT2D eigenvalue weighted by atomic mass is 35.5. The first kappa shape index (κ1) is 17.9. The molecule has 1 aliphatic heterocycles. The summed E-state index contributed by atoms with van der Waals surface area (Å²) in [6, 6.07) is 13.4. The Bertz CT molecular complexity index is 834. The molecular formula is C19H18ClN3O3. The van der Waals surface area contributed by atoms with Gasteiger partial charge in [0.05, 0.1) is 13.0 Å². The van der Waals surface area contributed by atoms with E-state index >= 15 is 0 Å². The molecule has 0 radical (unpaired) electrons.